The number of unbranched alkanes of at least 4 members (excludes halogenated alkanes) is 2. The van der Waals surface area contributed by atoms with Crippen LogP contribution in [0.25, 0.3) is 0 Å². The summed E-state index contributed by atoms with van der Waals surface area (Å²) in [5.74, 6) is -1.57. The fourth-order valence-electron chi connectivity index (χ4n) is 2.20. The van der Waals surface area contributed by atoms with Crippen LogP contribution in [0.3, 0.4) is 0 Å². The first kappa shape index (κ1) is 22.7. The maximum atomic E-state index is 12.4. The summed E-state index contributed by atoms with van der Waals surface area (Å²) in [5.41, 5.74) is 10.2. The Hall–Kier alpha value is -2.32. The third kappa shape index (κ3) is 10.2. The van der Waals surface area contributed by atoms with Crippen LogP contribution in [-0.2, 0) is 14.4 Å². The van der Waals surface area contributed by atoms with Crippen LogP contribution in [0.15, 0.2) is 0 Å². The normalized spacial score (nSPS) is 13.0. The SMILES string of the molecule is CCCCCC(=O)NC(C(=O)NC(CCNC(N)=O)C(N)=O)C(C)C. The average Bonchev–Trinajstić information content (AvgIpc) is 2.50. The van der Waals surface area contributed by atoms with Gasteiger partial charge in [-0.15, -0.1) is 0 Å². The van der Waals surface area contributed by atoms with Crippen molar-refractivity contribution in [1.82, 2.24) is 16.0 Å². The minimum atomic E-state index is -0.961. The summed E-state index contributed by atoms with van der Waals surface area (Å²) >= 11 is 0. The second-order valence-electron chi connectivity index (χ2n) is 6.29. The summed E-state index contributed by atoms with van der Waals surface area (Å²) in [4.78, 5) is 46.5. The Labute approximate surface area is 148 Å². The van der Waals surface area contributed by atoms with Gasteiger partial charge in [-0.25, -0.2) is 4.79 Å². The van der Waals surface area contributed by atoms with Gasteiger partial charge in [0.2, 0.25) is 17.7 Å². The third-order valence-corrected chi connectivity index (χ3v) is 3.67. The molecule has 0 bridgehead atoms. The quantitative estimate of drug-likeness (QED) is 0.305. The number of hydrogen-bond acceptors (Lipinski definition) is 4. The van der Waals surface area contributed by atoms with Gasteiger partial charge in [-0.05, 0) is 18.8 Å². The Morgan fingerprint density at radius 2 is 1.64 bits per heavy atom. The topological polar surface area (TPSA) is 156 Å². The number of carbonyl (C=O) groups is 4. The zero-order chi connectivity index (χ0) is 19.4. The summed E-state index contributed by atoms with van der Waals surface area (Å²) in [6.07, 6.45) is 3.17. The summed E-state index contributed by atoms with van der Waals surface area (Å²) in [7, 11) is 0. The van der Waals surface area contributed by atoms with Gasteiger partial charge in [0.1, 0.15) is 12.1 Å². The van der Waals surface area contributed by atoms with E-state index in [0.717, 1.165) is 19.3 Å². The van der Waals surface area contributed by atoms with Gasteiger partial charge in [0.25, 0.3) is 0 Å². The van der Waals surface area contributed by atoms with Crippen LogP contribution in [0.1, 0.15) is 52.9 Å². The fourth-order valence-corrected chi connectivity index (χ4v) is 2.20. The van der Waals surface area contributed by atoms with Crippen molar-refractivity contribution in [1.29, 1.82) is 0 Å². The average molecular weight is 357 g/mol. The Bertz CT molecular complexity index is 467. The Balaban J connectivity index is 4.69. The maximum absolute atomic E-state index is 12.4. The van der Waals surface area contributed by atoms with E-state index in [0.29, 0.717) is 6.42 Å². The lowest BCUT2D eigenvalue weighted by Crippen LogP contribution is -2.55. The molecular formula is C16H31N5O4. The van der Waals surface area contributed by atoms with Crippen LogP contribution < -0.4 is 27.4 Å². The molecular weight excluding hydrogens is 326 g/mol. The number of nitrogens with two attached hydrogens (primary N) is 2. The van der Waals surface area contributed by atoms with Crippen molar-refractivity contribution in [3.05, 3.63) is 0 Å². The number of nitrogens with one attached hydrogen (secondary N) is 3. The Morgan fingerprint density at radius 1 is 1.00 bits per heavy atom. The Morgan fingerprint density at radius 3 is 2.12 bits per heavy atom. The molecule has 0 aliphatic carbocycles. The highest BCUT2D eigenvalue weighted by molar-refractivity contribution is 5.91. The molecule has 9 nitrogen and oxygen atoms in total. The first-order valence-electron chi connectivity index (χ1n) is 8.61. The van der Waals surface area contributed by atoms with Gasteiger partial charge in [0, 0.05) is 13.0 Å². The summed E-state index contributed by atoms with van der Waals surface area (Å²) < 4.78 is 0. The number of rotatable bonds is 12. The molecule has 0 saturated carbocycles. The number of hydrogen-bond donors (Lipinski definition) is 5. The van der Waals surface area contributed by atoms with Crippen molar-refractivity contribution < 1.29 is 19.2 Å². The number of carbonyl (C=O) groups excluding carboxylic acids is 4. The minimum Gasteiger partial charge on any atom is -0.368 e. The van der Waals surface area contributed by atoms with E-state index in [-0.39, 0.29) is 24.8 Å². The molecule has 0 rings (SSSR count). The first-order valence-corrected chi connectivity index (χ1v) is 8.61. The summed E-state index contributed by atoms with van der Waals surface area (Å²) in [6.45, 7) is 5.73. The standard InChI is InChI=1S/C16H31N5O4/c1-4-5-6-7-12(22)21-13(10(2)3)15(24)20-11(14(17)23)8-9-19-16(18)25/h10-11,13H,4-9H2,1-3H3,(H2,17,23)(H,20,24)(H,21,22)(H3,18,19,25). The highest BCUT2D eigenvalue weighted by atomic mass is 16.2. The van der Waals surface area contributed by atoms with Crippen molar-refractivity contribution in [2.24, 2.45) is 17.4 Å². The monoisotopic (exact) mass is 357 g/mol. The van der Waals surface area contributed by atoms with Crippen LogP contribution in [0.4, 0.5) is 4.79 Å². The molecule has 0 aromatic carbocycles. The first-order chi connectivity index (χ1) is 11.7. The lowest BCUT2D eigenvalue weighted by Gasteiger charge is -2.24. The second kappa shape index (κ2) is 12.1. The number of urea groups is 1. The van der Waals surface area contributed by atoms with Gasteiger partial charge in [-0.2, -0.15) is 0 Å². The highest BCUT2D eigenvalue weighted by Gasteiger charge is 2.27. The molecule has 25 heavy (non-hydrogen) atoms. The molecule has 144 valence electrons. The van der Waals surface area contributed by atoms with Crippen LogP contribution in [0.5, 0.6) is 0 Å². The van der Waals surface area contributed by atoms with E-state index in [2.05, 4.69) is 16.0 Å². The smallest absolute Gasteiger partial charge is 0.312 e. The molecule has 2 unspecified atom stereocenters. The van der Waals surface area contributed by atoms with E-state index < -0.39 is 29.9 Å². The molecule has 0 saturated heterocycles. The van der Waals surface area contributed by atoms with E-state index in [1.807, 2.05) is 6.92 Å². The zero-order valence-corrected chi connectivity index (χ0v) is 15.3. The van der Waals surface area contributed by atoms with Gasteiger partial charge in [-0.1, -0.05) is 33.6 Å². The van der Waals surface area contributed by atoms with E-state index >= 15 is 0 Å². The van der Waals surface area contributed by atoms with E-state index in [4.69, 9.17) is 11.5 Å². The Kier molecular flexibility index (Phi) is 11.0. The van der Waals surface area contributed by atoms with Gasteiger partial charge < -0.3 is 27.4 Å². The molecule has 9 heteroatoms. The van der Waals surface area contributed by atoms with Crippen molar-refractivity contribution in [2.45, 2.75) is 65.0 Å². The van der Waals surface area contributed by atoms with Crippen LogP contribution >= 0.6 is 0 Å². The van der Waals surface area contributed by atoms with E-state index in [1.54, 1.807) is 13.8 Å². The van der Waals surface area contributed by atoms with Gasteiger partial charge in [0.15, 0.2) is 0 Å². The highest BCUT2D eigenvalue weighted by Crippen LogP contribution is 2.05. The largest absolute Gasteiger partial charge is 0.368 e. The number of amides is 5. The molecule has 0 aliphatic rings. The predicted molar refractivity (Wildman–Crippen MR) is 94.2 cm³/mol. The molecule has 0 spiro atoms. The molecule has 5 amide bonds. The predicted octanol–water partition coefficient (Wildman–Crippen LogP) is -0.264. The number of primary amides is 2. The molecule has 0 aromatic rings. The fraction of sp³-hybridized carbons (Fsp3) is 0.750. The molecule has 0 aliphatic heterocycles. The van der Waals surface area contributed by atoms with E-state index in [9.17, 15) is 19.2 Å². The minimum absolute atomic E-state index is 0.0962. The summed E-state index contributed by atoms with van der Waals surface area (Å²) in [5, 5.41) is 7.55. The molecule has 0 heterocycles. The molecule has 0 radical (unpaired) electrons. The van der Waals surface area contributed by atoms with Crippen LogP contribution in [0.2, 0.25) is 0 Å². The summed E-state index contributed by atoms with van der Waals surface area (Å²) in [6, 6.07) is -2.45. The van der Waals surface area contributed by atoms with Crippen molar-refractivity contribution >= 4 is 23.8 Å². The lowest BCUT2D eigenvalue weighted by molar-refractivity contribution is -0.132. The lowest BCUT2D eigenvalue weighted by atomic mass is 10.0. The van der Waals surface area contributed by atoms with Gasteiger partial charge >= 0.3 is 6.03 Å². The molecule has 2 atom stereocenters. The maximum Gasteiger partial charge on any atom is 0.312 e. The third-order valence-electron chi connectivity index (χ3n) is 3.67. The zero-order valence-electron chi connectivity index (χ0n) is 15.3. The van der Waals surface area contributed by atoms with Crippen LogP contribution in [0, 0.1) is 5.92 Å². The second-order valence-corrected chi connectivity index (χ2v) is 6.29. The molecule has 7 N–H and O–H groups in total. The van der Waals surface area contributed by atoms with Gasteiger partial charge in [0.05, 0.1) is 0 Å². The van der Waals surface area contributed by atoms with Crippen LogP contribution in [-0.4, -0.2) is 42.4 Å². The van der Waals surface area contributed by atoms with Gasteiger partial charge in [-0.3, -0.25) is 14.4 Å². The molecule has 0 aromatic heterocycles. The van der Waals surface area contributed by atoms with Crippen molar-refractivity contribution in [3.8, 4) is 0 Å². The van der Waals surface area contributed by atoms with Crippen molar-refractivity contribution in [2.75, 3.05) is 6.54 Å². The molecule has 0 fully saturated rings. The van der Waals surface area contributed by atoms with Crippen molar-refractivity contribution in [3.63, 3.8) is 0 Å². The van der Waals surface area contributed by atoms with E-state index in [1.165, 1.54) is 0 Å².